The molecule has 1 fully saturated rings. The number of aryl methyl sites for hydroxylation is 2. The van der Waals surface area contributed by atoms with E-state index in [0.717, 1.165) is 36.8 Å². The van der Waals surface area contributed by atoms with Gasteiger partial charge in [0.05, 0.1) is 10.2 Å². The Labute approximate surface area is 129 Å². The van der Waals surface area contributed by atoms with Crippen molar-refractivity contribution in [2.75, 3.05) is 31.1 Å². The highest BCUT2D eigenvalue weighted by Crippen LogP contribution is 2.31. The number of rotatable bonds is 2. The summed E-state index contributed by atoms with van der Waals surface area (Å²) in [6.07, 6.45) is 0.597. The van der Waals surface area contributed by atoms with Crippen molar-refractivity contribution >= 4 is 32.6 Å². The van der Waals surface area contributed by atoms with Crippen LogP contribution in [0.3, 0.4) is 0 Å². The summed E-state index contributed by atoms with van der Waals surface area (Å²) in [6.45, 7) is 9.56. The molecule has 21 heavy (non-hydrogen) atoms. The third kappa shape index (κ3) is 2.75. The Balaban J connectivity index is 1.78. The van der Waals surface area contributed by atoms with Crippen molar-refractivity contribution in [2.24, 2.45) is 0 Å². The van der Waals surface area contributed by atoms with Crippen molar-refractivity contribution < 1.29 is 4.79 Å². The first-order valence-corrected chi connectivity index (χ1v) is 8.30. The Morgan fingerprint density at radius 3 is 2.52 bits per heavy atom. The summed E-state index contributed by atoms with van der Waals surface area (Å²) in [5, 5.41) is 1.08. The molecule has 0 spiro atoms. The van der Waals surface area contributed by atoms with Gasteiger partial charge in [-0.3, -0.25) is 4.79 Å². The highest BCUT2D eigenvalue weighted by molar-refractivity contribution is 7.22. The third-order valence-electron chi connectivity index (χ3n) is 4.20. The summed E-state index contributed by atoms with van der Waals surface area (Å²) in [4.78, 5) is 20.7. The van der Waals surface area contributed by atoms with Crippen molar-refractivity contribution in [3.05, 3.63) is 23.3 Å². The lowest BCUT2D eigenvalue weighted by Crippen LogP contribution is -2.48. The number of carbonyl (C=O) groups excluding carboxylic acids is 1. The molecule has 1 aliphatic rings. The van der Waals surface area contributed by atoms with Gasteiger partial charge < -0.3 is 9.80 Å². The number of benzene rings is 1. The molecule has 1 saturated heterocycles. The number of aromatic nitrogens is 1. The van der Waals surface area contributed by atoms with Crippen molar-refractivity contribution in [2.45, 2.75) is 27.2 Å². The first-order valence-electron chi connectivity index (χ1n) is 7.49. The average molecular weight is 303 g/mol. The average Bonchev–Trinajstić information content (AvgIpc) is 2.90. The van der Waals surface area contributed by atoms with Crippen LogP contribution in [0.25, 0.3) is 10.2 Å². The van der Waals surface area contributed by atoms with E-state index in [-0.39, 0.29) is 5.91 Å². The number of piperazine rings is 1. The molecular formula is C16H21N3OS. The summed E-state index contributed by atoms with van der Waals surface area (Å²) in [5.74, 6) is 0.255. The molecule has 0 saturated carbocycles. The Morgan fingerprint density at radius 1 is 1.19 bits per heavy atom. The third-order valence-corrected chi connectivity index (χ3v) is 5.28. The fourth-order valence-corrected chi connectivity index (χ4v) is 3.77. The Hall–Kier alpha value is -1.62. The summed E-state index contributed by atoms with van der Waals surface area (Å²) in [5.41, 5.74) is 3.69. The molecule has 5 heteroatoms. The Morgan fingerprint density at radius 2 is 1.86 bits per heavy atom. The van der Waals surface area contributed by atoms with Crippen molar-refractivity contribution in [3.63, 3.8) is 0 Å². The molecule has 112 valence electrons. The standard InChI is InChI=1S/C16H21N3OS/c1-4-15(20)18-5-7-19(8-6-18)16-17-13-9-11(2)12(3)10-14(13)21-16/h9-10H,4-8H2,1-3H3. The molecule has 1 aromatic carbocycles. The van der Waals surface area contributed by atoms with E-state index in [9.17, 15) is 4.79 Å². The van der Waals surface area contributed by atoms with Crippen molar-refractivity contribution in [3.8, 4) is 0 Å². The molecule has 0 radical (unpaired) electrons. The number of hydrogen-bond acceptors (Lipinski definition) is 4. The van der Waals surface area contributed by atoms with Gasteiger partial charge in [0.15, 0.2) is 5.13 Å². The normalized spacial score (nSPS) is 15.8. The van der Waals surface area contributed by atoms with Gasteiger partial charge in [0, 0.05) is 32.6 Å². The quantitative estimate of drug-likeness (QED) is 0.856. The van der Waals surface area contributed by atoms with E-state index < -0.39 is 0 Å². The van der Waals surface area contributed by atoms with Crippen LogP contribution in [-0.2, 0) is 4.79 Å². The maximum atomic E-state index is 11.7. The predicted octanol–water partition coefficient (Wildman–Crippen LogP) is 2.97. The van der Waals surface area contributed by atoms with E-state index >= 15 is 0 Å². The van der Waals surface area contributed by atoms with Crippen LogP contribution < -0.4 is 4.90 Å². The predicted molar refractivity (Wildman–Crippen MR) is 88.2 cm³/mol. The molecule has 1 aromatic heterocycles. The second kappa shape index (κ2) is 5.64. The van der Waals surface area contributed by atoms with Crippen LogP contribution in [-0.4, -0.2) is 42.0 Å². The lowest BCUT2D eigenvalue weighted by atomic mass is 10.1. The fraction of sp³-hybridized carbons (Fsp3) is 0.500. The van der Waals surface area contributed by atoms with Crippen LogP contribution in [0.5, 0.6) is 0 Å². The molecule has 2 aromatic rings. The molecule has 2 heterocycles. The van der Waals surface area contributed by atoms with E-state index in [1.165, 1.54) is 15.8 Å². The maximum Gasteiger partial charge on any atom is 0.222 e. The topological polar surface area (TPSA) is 36.4 Å². The minimum absolute atomic E-state index is 0.255. The molecule has 0 unspecified atom stereocenters. The van der Waals surface area contributed by atoms with Gasteiger partial charge in [0.2, 0.25) is 5.91 Å². The van der Waals surface area contributed by atoms with Crippen molar-refractivity contribution in [1.29, 1.82) is 0 Å². The zero-order valence-electron chi connectivity index (χ0n) is 12.8. The van der Waals surface area contributed by atoms with Crippen LogP contribution >= 0.6 is 11.3 Å². The largest absolute Gasteiger partial charge is 0.345 e. The first kappa shape index (κ1) is 14.3. The number of nitrogens with zero attached hydrogens (tertiary/aromatic N) is 3. The number of amides is 1. The van der Waals surface area contributed by atoms with Crippen LogP contribution in [0.1, 0.15) is 24.5 Å². The van der Waals surface area contributed by atoms with E-state index in [1.807, 2.05) is 11.8 Å². The smallest absolute Gasteiger partial charge is 0.222 e. The van der Waals surface area contributed by atoms with E-state index in [1.54, 1.807) is 11.3 Å². The van der Waals surface area contributed by atoms with Gasteiger partial charge in [-0.25, -0.2) is 4.98 Å². The van der Waals surface area contributed by atoms with Crippen LogP contribution in [0, 0.1) is 13.8 Å². The Kier molecular flexibility index (Phi) is 3.85. The van der Waals surface area contributed by atoms with Gasteiger partial charge in [0.1, 0.15) is 0 Å². The lowest BCUT2D eigenvalue weighted by molar-refractivity contribution is -0.131. The fourth-order valence-electron chi connectivity index (χ4n) is 2.67. The highest BCUT2D eigenvalue weighted by Gasteiger charge is 2.22. The summed E-state index contributed by atoms with van der Waals surface area (Å²) in [7, 11) is 0. The highest BCUT2D eigenvalue weighted by atomic mass is 32.1. The zero-order valence-corrected chi connectivity index (χ0v) is 13.7. The number of hydrogen-bond donors (Lipinski definition) is 0. The van der Waals surface area contributed by atoms with Gasteiger partial charge in [-0.1, -0.05) is 18.3 Å². The lowest BCUT2D eigenvalue weighted by Gasteiger charge is -2.34. The van der Waals surface area contributed by atoms with Crippen LogP contribution in [0.4, 0.5) is 5.13 Å². The van der Waals surface area contributed by atoms with Gasteiger partial charge in [0.25, 0.3) is 0 Å². The van der Waals surface area contributed by atoms with Gasteiger partial charge in [-0.05, 0) is 37.1 Å². The van der Waals surface area contributed by atoms with E-state index in [4.69, 9.17) is 4.98 Å². The first-order chi connectivity index (χ1) is 10.1. The molecule has 4 nitrogen and oxygen atoms in total. The summed E-state index contributed by atoms with van der Waals surface area (Å²) < 4.78 is 1.25. The number of carbonyl (C=O) groups is 1. The van der Waals surface area contributed by atoms with Crippen LogP contribution in [0.15, 0.2) is 12.1 Å². The molecule has 1 aliphatic heterocycles. The monoisotopic (exact) mass is 303 g/mol. The van der Waals surface area contributed by atoms with Crippen LogP contribution in [0.2, 0.25) is 0 Å². The van der Waals surface area contributed by atoms with E-state index in [2.05, 4.69) is 30.9 Å². The number of fused-ring (bicyclic) bond motifs is 1. The molecule has 0 atom stereocenters. The molecule has 0 bridgehead atoms. The van der Waals surface area contributed by atoms with Gasteiger partial charge in [-0.15, -0.1) is 0 Å². The molecule has 0 aliphatic carbocycles. The molecule has 0 N–H and O–H groups in total. The van der Waals surface area contributed by atoms with Crippen molar-refractivity contribution in [1.82, 2.24) is 9.88 Å². The minimum atomic E-state index is 0.255. The number of anilines is 1. The molecule has 3 rings (SSSR count). The Bertz CT molecular complexity index is 632. The minimum Gasteiger partial charge on any atom is -0.345 e. The second-order valence-corrected chi connectivity index (χ2v) is 6.63. The maximum absolute atomic E-state index is 11.7. The SMILES string of the molecule is CCC(=O)N1CCN(c2nc3cc(C)c(C)cc3s2)CC1. The molecule has 1 amide bonds. The van der Waals surface area contributed by atoms with Gasteiger partial charge >= 0.3 is 0 Å². The summed E-state index contributed by atoms with van der Waals surface area (Å²) in [6, 6.07) is 4.39. The zero-order chi connectivity index (χ0) is 15.0. The van der Waals surface area contributed by atoms with Gasteiger partial charge in [-0.2, -0.15) is 0 Å². The number of thiazole rings is 1. The van der Waals surface area contributed by atoms with E-state index in [0.29, 0.717) is 6.42 Å². The molecular weight excluding hydrogens is 282 g/mol. The summed E-state index contributed by atoms with van der Waals surface area (Å²) >= 11 is 1.75. The second-order valence-electron chi connectivity index (χ2n) is 5.62.